The number of nitrogens with zero attached hydrogens (tertiary/aromatic N) is 4. The van der Waals surface area contributed by atoms with Crippen molar-refractivity contribution in [3.8, 4) is 5.82 Å². The molecule has 9 heteroatoms. The van der Waals surface area contributed by atoms with Crippen molar-refractivity contribution in [1.29, 1.82) is 0 Å². The maximum absolute atomic E-state index is 12.7. The first-order chi connectivity index (χ1) is 13.6. The predicted octanol–water partition coefficient (Wildman–Crippen LogP) is 4.22. The quantitative estimate of drug-likeness (QED) is 0.709. The molecule has 1 amide bonds. The molecular formula is C20H20F3N5O. The fraction of sp³-hybridized carbons (Fsp3) is 0.250. The summed E-state index contributed by atoms with van der Waals surface area (Å²) in [6, 6.07) is 7.82. The Kier molecular flexibility index (Phi) is 5.32. The van der Waals surface area contributed by atoms with Crippen LogP contribution in [0, 0.1) is 13.8 Å². The summed E-state index contributed by atoms with van der Waals surface area (Å²) in [5.41, 5.74) is 2.51. The van der Waals surface area contributed by atoms with Crippen LogP contribution in [0.5, 0.6) is 0 Å². The standard InChI is InChI=1S/C20H20F3N5O/c1-12-9-15(27(3)4)6-7-17(12)26-19(29)16-11-25-28(13(16)2)18-8-5-14(10-24-18)20(21,22)23/h5-11H,1-4H3,(H,26,29). The Morgan fingerprint density at radius 2 is 1.83 bits per heavy atom. The molecule has 1 aromatic carbocycles. The summed E-state index contributed by atoms with van der Waals surface area (Å²) in [6.45, 7) is 3.55. The Morgan fingerprint density at radius 1 is 1.10 bits per heavy atom. The number of nitrogens with one attached hydrogen (secondary N) is 1. The Labute approximate surface area is 166 Å². The normalized spacial score (nSPS) is 11.4. The van der Waals surface area contributed by atoms with Gasteiger partial charge in [0.15, 0.2) is 5.82 Å². The number of alkyl halides is 3. The Hall–Kier alpha value is -3.36. The average molecular weight is 403 g/mol. The number of halogens is 3. The van der Waals surface area contributed by atoms with E-state index in [4.69, 9.17) is 0 Å². The van der Waals surface area contributed by atoms with E-state index >= 15 is 0 Å². The SMILES string of the molecule is Cc1cc(N(C)C)ccc1NC(=O)c1cnn(-c2ccc(C(F)(F)F)cn2)c1C. The molecule has 0 fully saturated rings. The number of carbonyl (C=O) groups is 1. The first-order valence-corrected chi connectivity index (χ1v) is 8.75. The lowest BCUT2D eigenvalue weighted by atomic mass is 10.1. The first-order valence-electron chi connectivity index (χ1n) is 8.75. The van der Waals surface area contributed by atoms with Gasteiger partial charge in [-0.3, -0.25) is 4.79 Å². The predicted molar refractivity (Wildman–Crippen MR) is 105 cm³/mol. The van der Waals surface area contributed by atoms with Gasteiger partial charge in [-0.15, -0.1) is 0 Å². The van der Waals surface area contributed by atoms with Crippen LogP contribution in [0.1, 0.15) is 27.2 Å². The van der Waals surface area contributed by atoms with Gasteiger partial charge in [0.05, 0.1) is 23.0 Å². The molecule has 152 valence electrons. The van der Waals surface area contributed by atoms with Crippen LogP contribution >= 0.6 is 0 Å². The molecule has 3 aromatic rings. The number of aryl methyl sites for hydroxylation is 1. The molecule has 0 radical (unpaired) electrons. The van der Waals surface area contributed by atoms with Crippen molar-refractivity contribution in [2.24, 2.45) is 0 Å². The molecule has 29 heavy (non-hydrogen) atoms. The number of pyridine rings is 1. The van der Waals surface area contributed by atoms with Gasteiger partial charge in [-0.1, -0.05) is 0 Å². The van der Waals surface area contributed by atoms with Crippen LogP contribution in [0.4, 0.5) is 24.5 Å². The second kappa shape index (κ2) is 7.57. The van der Waals surface area contributed by atoms with Gasteiger partial charge in [0.2, 0.25) is 0 Å². The van der Waals surface area contributed by atoms with Crippen molar-refractivity contribution >= 4 is 17.3 Å². The lowest BCUT2D eigenvalue weighted by molar-refractivity contribution is -0.137. The number of hydrogen-bond donors (Lipinski definition) is 1. The molecule has 2 heterocycles. The highest BCUT2D eigenvalue weighted by Crippen LogP contribution is 2.29. The zero-order chi connectivity index (χ0) is 21.3. The molecule has 0 atom stereocenters. The van der Waals surface area contributed by atoms with Crippen LogP contribution in [0.2, 0.25) is 0 Å². The van der Waals surface area contributed by atoms with Crippen LogP contribution in [0.25, 0.3) is 5.82 Å². The number of rotatable bonds is 4. The number of anilines is 2. The molecule has 0 aliphatic rings. The van der Waals surface area contributed by atoms with Crippen LogP contribution in [0.15, 0.2) is 42.7 Å². The first kappa shape index (κ1) is 20.4. The summed E-state index contributed by atoms with van der Waals surface area (Å²) in [5, 5.41) is 6.95. The molecule has 3 rings (SSSR count). The molecular weight excluding hydrogens is 383 g/mol. The Morgan fingerprint density at radius 3 is 2.38 bits per heavy atom. The third-order valence-corrected chi connectivity index (χ3v) is 4.52. The van der Waals surface area contributed by atoms with Crippen LogP contribution in [0.3, 0.4) is 0 Å². The molecule has 0 unspecified atom stereocenters. The third kappa shape index (κ3) is 4.23. The van der Waals surface area contributed by atoms with E-state index < -0.39 is 11.7 Å². The second-order valence-corrected chi connectivity index (χ2v) is 6.81. The van der Waals surface area contributed by atoms with Gasteiger partial charge in [0.25, 0.3) is 5.91 Å². The van der Waals surface area contributed by atoms with Gasteiger partial charge in [-0.25, -0.2) is 9.67 Å². The molecule has 0 spiro atoms. The highest BCUT2D eigenvalue weighted by atomic mass is 19.4. The topological polar surface area (TPSA) is 63.1 Å². The third-order valence-electron chi connectivity index (χ3n) is 4.52. The van der Waals surface area contributed by atoms with Crippen molar-refractivity contribution in [2.75, 3.05) is 24.3 Å². The van der Waals surface area contributed by atoms with Crippen molar-refractivity contribution in [3.63, 3.8) is 0 Å². The average Bonchev–Trinajstić information content (AvgIpc) is 3.04. The maximum Gasteiger partial charge on any atom is 0.417 e. The van der Waals surface area contributed by atoms with Crippen LogP contribution in [-0.4, -0.2) is 34.8 Å². The molecule has 2 aromatic heterocycles. The van der Waals surface area contributed by atoms with Gasteiger partial charge < -0.3 is 10.2 Å². The van der Waals surface area contributed by atoms with Crippen molar-refractivity contribution < 1.29 is 18.0 Å². The van der Waals surface area contributed by atoms with E-state index in [1.807, 2.05) is 44.1 Å². The smallest absolute Gasteiger partial charge is 0.378 e. The van der Waals surface area contributed by atoms with E-state index in [9.17, 15) is 18.0 Å². The van der Waals surface area contributed by atoms with Crippen molar-refractivity contribution in [1.82, 2.24) is 14.8 Å². The zero-order valence-electron chi connectivity index (χ0n) is 16.4. The monoisotopic (exact) mass is 403 g/mol. The minimum absolute atomic E-state index is 0.195. The van der Waals surface area contributed by atoms with Gasteiger partial charge >= 0.3 is 6.18 Å². The summed E-state index contributed by atoms with van der Waals surface area (Å²) in [7, 11) is 3.86. The Balaban J connectivity index is 1.83. The summed E-state index contributed by atoms with van der Waals surface area (Å²) in [6.07, 6.45) is -2.35. The lowest BCUT2D eigenvalue weighted by Crippen LogP contribution is -2.15. The highest BCUT2D eigenvalue weighted by molar-refractivity contribution is 6.05. The fourth-order valence-corrected chi connectivity index (χ4v) is 2.80. The summed E-state index contributed by atoms with van der Waals surface area (Å²) in [5.74, 6) is -0.164. The number of carbonyl (C=O) groups excluding carboxylic acids is 1. The van der Waals surface area contributed by atoms with E-state index in [0.29, 0.717) is 16.9 Å². The minimum Gasteiger partial charge on any atom is -0.378 e. The molecule has 0 saturated carbocycles. The number of benzene rings is 1. The van der Waals surface area contributed by atoms with E-state index in [1.165, 1.54) is 16.9 Å². The van der Waals surface area contributed by atoms with Crippen molar-refractivity contribution in [2.45, 2.75) is 20.0 Å². The van der Waals surface area contributed by atoms with Gasteiger partial charge in [-0.05, 0) is 49.7 Å². The van der Waals surface area contributed by atoms with Crippen LogP contribution < -0.4 is 10.2 Å². The molecule has 1 N–H and O–H groups in total. The fourth-order valence-electron chi connectivity index (χ4n) is 2.80. The zero-order valence-corrected chi connectivity index (χ0v) is 16.4. The maximum atomic E-state index is 12.7. The molecule has 0 saturated heterocycles. The van der Waals surface area contributed by atoms with Crippen LogP contribution in [-0.2, 0) is 6.18 Å². The minimum atomic E-state index is -4.46. The Bertz CT molecular complexity index is 1040. The number of amides is 1. The lowest BCUT2D eigenvalue weighted by Gasteiger charge is -2.15. The summed E-state index contributed by atoms with van der Waals surface area (Å²) < 4.78 is 39.4. The van der Waals surface area contributed by atoms with E-state index in [2.05, 4.69) is 15.4 Å². The molecule has 0 bridgehead atoms. The second-order valence-electron chi connectivity index (χ2n) is 6.81. The highest BCUT2D eigenvalue weighted by Gasteiger charge is 2.30. The number of hydrogen-bond acceptors (Lipinski definition) is 4. The van der Waals surface area contributed by atoms with Gasteiger partial charge in [0.1, 0.15) is 0 Å². The van der Waals surface area contributed by atoms with E-state index in [1.54, 1.807) is 6.92 Å². The van der Waals surface area contributed by atoms with E-state index in [-0.39, 0.29) is 11.7 Å². The molecule has 0 aliphatic heterocycles. The van der Waals surface area contributed by atoms with E-state index in [0.717, 1.165) is 23.5 Å². The molecule has 0 aliphatic carbocycles. The van der Waals surface area contributed by atoms with Gasteiger partial charge in [-0.2, -0.15) is 18.3 Å². The van der Waals surface area contributed by atoms with Crippen molar-refractivity contribution in [3.05, 3.63) is 65.1 Å². The number of aromatic nitrogens is 3. The van der Waals surface area contributed by atoms with Gasteiger partial charge in [0, 0.05) is 31.7 Å². The largest absolute Gasteiger partial charge is 0.417 e. The summed E-state index contributed by atoms with van der Waals surface area (Å²) >= 11 is 0. The molecule has 6 nitrogen and oxygen atoms in total. The summed E-state index contributed by atoms with van der Waals surface area (Å²) in [4.78, 5) is 18.5.